The molecule has 0 saturated carbocycles. The average Bonchev–Trinajstić information content (AvgIpc) is 2.34. The molecule has 0 aromatic heterocycles. The predicted molar refractivity (Wildman–Crippen MR) is 67.3 cm³/mol. The normalized spacial score (nSPS) is 25.1. The third-order valence-corrected chi connectivity index (χ3v) is 4.86. The van der Waals surface area contributed by atoms with Gasteiger partial charge in [-0.25, -0.2) is 8.42 Å². The monoisotopic (exact) mass is 325 g/mol. The maximum Gasteiger partial charge on any atom is 0.501 e. The zero-order valence-corrected chi connectivity index (χ0v) is 12.0. The molecule has 5 nitrogen and oxygen atoms in total. The minimum atomic E-state index is -5.47. The third-order valence-electron chi connectivity index (χ3n) is 3.38. The van der Waals surface area contributed by atoms with Crippen molar-refractivity contribution in [1.29, 1.82) is 0 Å². The minimum Gasteiger partial charge on any atom is -0.485 e. The summed E-state index contributed by atoms with van der Waals surface area (Å²) in [5.41, 5.74) is -0.634. The van der Waals surface area contributed by atoms with Gasteiger partial charge in [0.15, 0.2) is 0 Å². The Morgan fingerprint density at radius 1 is 1.33 bits per heavy atom. The zero-order valence-electron chi connectivity index (χ0n) is 11.2. The predicted octanol–water partition coefficient (Wildman–Crippen LogP) is 1.51. The van der Waals surface area contributed by atoms with Crippen LogP contribution in [0.4, 0.5) is 13.2 Å². The quantitative estimate of drug-likeness (QED) is 0.817. The van der Waals surface area contributed by atoms with Crippen molar-refractivity contribution in [3.63, 3.8) is 0 Å². The largest absolute Gasteiger partial charge is 0.501 e. The minimum absolute atomic E-state index is 0.0205. The van der Waals surface area contributed by atoms with Crippen molar-refractivity contribution in [2.75, 3.05) is 0 Å². The molecule has 0 aliphatic carbocycles. The van der Waals surface area contributed by atoms with Crippen molar-refractivity contribution < 1.29 is 31.4 Å². The molecule has 1 aliphatic heterocycles. The molecule has 1 heterocycles. The molecule has 3 N–H and O–H groups in total. The van der Waals surface area contributed by atoms with Gasteiger partial charge in [-0.3, -0.25) is 0 Å². The number of hydrogen-bond acceptors (Lipinski definition) is 5. The van der Waals surface area contributed by atoms with E-state index in [1.807, 2.05) is 0 Å². The van der Waals surface area contributed by atoms with Gasteiger partial charge in [-0.05, 0) is 32.0 Å². The fourth-order valence-electron chi connectivity index (χ4n) is 2.13. The first kappa shape index (κ1) is 16.1. The van der Waals surface area contributed by atoms with Crippen LogP contribution < -0.4 is 10.5 Å². The van der Waals surface area contributed by atoms with Crippen LogP contribution in [0.2, 0.25) is 0 Å². The Hall–Kier alpha value is -1.32. The number of alkyl halides is 3. The number of sulfone groups is 1. The molecule has 1 aromatic rings. The third kappa shape index (κ3) is 2.49. The maximum absolute atomic E-state index is 12.5. The summed E-state index contributed by atoms with van der Waals surface area (Å²) in [6.45, 7) is 3.14. The molecule has 1 aliphatic rings. The average molecular weight is 325 g/mol. The van der Waals surface area contributed by atoms with Gasteiger partial charge >= 0.3 is 5.51 Å². The topological polar surface area (TPSA) is 89.6 Å². The second kappa shape index (κ2) is 4.59. The number of aliphatic hydroxyl groups excluding tert-OH is 1. The summed E-state index contributed by atoms with van der Waals surface area (Å²) in [7, 11) is -5.47. The molecule has 0 radical (unpaired) electrons. The van der Waals surface area contributed by atoms with Gasteiger partial charge in [0.2, 0.25) is 0 Å². The van der Waals surface area contributed by atoms with E-state index in [0.29, 0.717) is 0 Å². The highest BCUT2D eigenvalue weighted by molar-refractivity contribution is 7.92. The Labute approximate surface area is 119 Å². The molecule has 2 atom stereocenters. The molecule has 1 aromatic carbocycles. The van der Waals surface area contributed by atoms with Crippen LogP contribution in [0.5, 0.6) is 5.75 Å². The van der Waals surface area contributed by atoms with E-state index in [-0.39, 0.29) is 11.3 Å². The molecule has 0 bridgehead atoms. The highest BCUT2D eigenvalue weighted by Crippen LogP contribution is 2.41. The van der Waals surface area contributed by atoms with Crippen LogP contribution in [0.25, 0.3) is 0 Å². The van der Waals surface area contributed by atoms with Crippen LogP contribution in [0.3, 0.4) is 0 Å². The first-order valence-electron chi connectivity index (χ1n) is 5.96. The van der Waals surface area contributed by atoms with E-state index in [9.17, 15) is 26.7 Å². The zero-order chi connectivity index (χ0) is 16.2. The van der Waals surface area contributed by atoms with E-state index >= 15 is 0 Å². The van der Waals surface area contributed by atoms with E-state index in [0.717, 1.165) is 18.2 Å². The van der Waals surface area contributed by atoms with E-state index < -0.39 is 38.0 Å². The number of nitrogens with two attached hydrogens (primary N) is 1. The van der Waals surface area contributed by atoms with Gasteiger partial charge in [0.05, 0.1) is 10.9 Å². The number of fused-ring (bicyclic) bond motifs is 1. The maximum atomic E-state index is 12.5. The first-order valence-corrected chi connectivity index (χ1v) is 7.44. The van der Waals surface area contributed by atoms with Gasteiger partial charge in [-0.2, -0.15) is 13.2 Å². The van der Waals surface area contributed by atoms with Crippen molar-refractivity contribution in [2.45, 2.75) is 42.0 Å². The second-order valence-electron chi connectivity index (χ2n) is 5.32. The van der Waals surface area contributed by atoms with Crippen LogP contribution in [0.15, 0.2) is 23.1 Å². The van der Waals surface area contributed by atoms with Crippen molar-refractivity contribution in [3.8, 4) is 5.75 Å². The van der Waals surface area contributed by atoms with Gasteiger partial charge in [0.25, 0.3) is 9.84 Å². The number of aliphatic hydroxyl groups is 1. The molecule has 118 valence electrons. The Morgan fingerprint density at radius 3 is 2.43 bits per heavy atom. The van der Waals surface area contributed by atoms with Crippen LogP contribution in [0.1, 0.15) is 25.5 Å². The van der Waals surface area contributed by atoms with E-state index in [2.05, 4.69) is 0 Å². The van der Waals surface area contributed by atoms with Gasteiger partial charge in [0.1, 0.15) is 17.5 Å². The highest BCUT2D eigenvalue weighted by atomic mass is 32.2. The molecule has 0 amide bonds. The van der Waals surface area contributed by atoms with Gasteiger partial charge in [-0.1, -0.05) is 0 Å². The molecular formula is C12H14F3NO4S. The molecule has 9 heteroatoms. The molecule has 2 rings (SSSR count). The molecule has 0 saturated heterocycles. The van der Waals surface area contributed by atoms with Crippen molar-refractivity contribution in [3.05, 3.63) is 23.8 Å². The van der Waals surface area contributed by atoms with E-state index in [4.69, 9.17) is 10.5 Å². The Morgan fingerprint density at radius 2 is 1.90 bits per heavy atom. The van der Waals surface area contributed by atoms with Crippen LogP contribution >= 0.6 is 0 Å². The molecule has 21 heavy (non-hydrogen) atoms. The lowest BCUT2D eigenvalue weighted by Crippen LogP contribution is -2.51. The Bertz CT molecular complexity index is 670. The van der Waals surface area contributed by atoms with Gasteiger partial charge in [-0.15, -0.1) is 0 Å². The van der Waals surface area contributed by atoms with E-state index in [1.165, 1.54) is 0 Å². The van der Waals surface area contributed by atoms with Crippen molar-refractivity contribution in [2.24, 2.45) is 5.73 Å². The second-order valence-corrected chi connectivity index (χ2v) is 7.27. The SMILES string of the molecule is CC1(C)Oc2ccc(S(=O)(=O)C(F)(F)F)cc2[C@@H](N)[C@@H]1O. The number of benzene rings is 1. The molecule has 0 unspecified atom stereocenters. The summed E-state index contributed by atoms with van der Waals surface area (Å²) in [5.74, 6) is 0.152. The number of ether oxygens (including phenoxy) is 1. The lowest BCUT2D eigenvalue weighted by molar-refractivity contribution is -0.0574. The fourth-order valence-corrected chi connectivity index (χ4v) is 2.92. The fraction of sp³-hybridized carbons (Fsp3) is 0.500. The van der Waals surface area contributed by atoms with Gasteiger partial charge in [0, 0.05) is 5.56 Å². The Balaban J connectivity index is 2.56. The lowest BCUT2D eigenvalue weighted by Gasteiger charge is -2.40. The molecule has 0 spiro atoms. The van der Waals surface area contributed by atoms with E-state index in [1.54, 1.807) is 13.8 Å². The first-order chi connectivity index (χ1) is 9.38. The summed E-state index contributed by atoms with van der Waals surface area (Å²) in [5, 5.41) is 9.98. The summed E-state index contributed by atoms with van der Waals surface area (Å²) < 4.78 is 65.9. The number of rotatable bonds is 1. The molecule has 0 fully saturated rings. The Kier molecular flexibility index (Phi) is 3.51. The van der Waals surface area contributed by atoms with Crippen molar-refractivity contribution >= 4 is 9.84 Å². The van der Waals surface area contributed by atoms with Gasteiger partial charge < -0.3 is 15.6 Å². The van der Waals surface area contributed by atoms with Crippen LogP contribution in [-0.2, 0) is 9.84 Å². The van der Waals surface area contributed by atoms with Crippen LogP contribution in [0, 0.1) is 0 Å². The standard InChI is InChI=1S/C12H14F3NO4S/c1-11(2)10(17)9(16)7-5-6(3-4-8(7)20-11)21(18,19)12(13,14)15/h3-5,9-10,17H,16H2,1-2H3/t9-,10+/m1/s1. The highest BCUT2D eigenvalue weighted by Gasteiger charge is 2.48. The summed E-state index contributed by atoms with van der Waals surface area (Å²) in [4.78, 5) is -0.931. The summed E-state index contributed by atoms with van der Waals surface area (Å²) in [6, 6.07) is 1.66. The number of halogens is 3. The van der Waals surface area contributed by atoms with Crippen LogP contribution in [-0.4, -0.2) is 30.7 Å². The number of hydrogen-bond donors (Lipinski definition) is 2. The van der Waals surface area contributed by atoms with Crippen molar-refractivity contribution in [1.82, 2.24) is 0 Å². The lowest BCUT2D eigenvalue weighted by atomic mass is 9.87. The summed E-state index contributed by atoms with van der Waals surface area (Å²) in [6.07, 6.45) is -1.19. The molecular weight excluding hydrogens is 311 g/mol. The smallest absolute Gasteiger partial charge is 0.485 e. The summed E-state index contributed by atoms with van der Waals surface area (Å²) >= 11 is 0.